The summed E-state index contributed by atoms with van der Waals surface area (Å²) in [7, 11) is 0. The van der Waals surface area contributed by atoms with Crippen LogP contribution in [0, 0.1) is 26.7 Å². The molecule has 0 aromatic heterocycles. The summed E-state index contributed by atoms with van der Waals surface area (Å²) in [6.07, 6.45) is 2.39. The number of carbonyl (C=O) groups is 1. The number of aryl methyl sites for hydroxylation is 3. The van der Waals surface area contributed by atoms with Gasteiger partial charge in [0.15, 0.2) is 0 Å². The minimum atomic E-state index is -0.687. The van der Waals surface area contributed by atoms with Crippen LogP contribution < -0.4 is 5.32 Å². The van der Waals surface area contributed by atoms with Crippen molar-refractivity contribution in [2.45, 2.75) is 46.0 Å². The standard InChI is InChI=1S/C17H25NO2/c1-11-8-12(2)17(13(3)9-11)15(10-16(19)20)14-4-6-18-7-5-14/h8-9,14-15,18H,4-7,10H2,1-3H3,(H,19,20). The molecule has 1 aromatic carbocycles. The third kappa shape index (κ3) is 3.40. The maximum Gasteiger partial charge on any atom is 0.303 e. The maximum atomic E-state index is 11.3. The fourth-order valence-electron chi connectivity index (χ4n) is 3.72. The van der Waals surface area contributed by atoms with Gasteiger partial charge < -0.3 is 10.4 Å². The molecule has 0 bridgehead atoms. The van der Waals surface area contributed by atoms with E-state index in [0.717, 1.165) is 25.9 Å². The smallest absolute Gasteiger partial charge is 0.303 e. The first-order chi connectivity index (χ1) is 9.49. The zero-order valence-electron chi connectivity index (χ0n) is 12.7. The molecular weight excluding hydrogens is 250 g/mol. The fraction of sp³-hybridized carbons (Fsp3) is 0.588. The zero-order valence-corrected chi connectivity index (χ0v) is 12.7. The molecule has 0 amide bonds. The van der Waals surface area contributed by atoms with Gasteiger partial charge >= 0.3 is 5.97 Å². The Morgan fingerprint density at radius 2 is 1.80 bits per heavy atom. The van der Waals surface area contributed by atoms with Crippen molar-refractivity contribution in [1.29, 1.82) is 0 Å². The van der Waals surface area contributed by atoms with Crippen molar-refractivity contribution in [2.75, 3.05) is 13.1 Å². The quantitative estimate of drug-likeness (QED) is 0.887. The van der Waals surface area contributed by atoms with Crippen molar-refractivity contribution in [2.24, 2.45) is 5.92 Å². The molecule has 1 aromatic rings. The number of piperidine rings is 1. The molecule has 3 heteroatoms. The van der Waals surface area contributed by atoms with Gasteiger partial charge in [-0.05, 0) is 75.2 Å². The van der Waals surface area contributed by atoms with Crippen LogP contribution in [0.5, 0.6) is 0 Å². The number of rotatable bonds is 4. The zero-order chi connectivity index (χ0) is 14.7. The van der Waals surface area contributed by atoms with Gasteiger partial charge in [0, 0.05) is 0 Å². The van der Waals surface area contributed by atoms with Crippen LogP contribution >= 0.6 is 0 Å². The van der Waals surface area contributed by atoms with Crippen molar-refractivity contribution in [3.8, 4) is 0 Å². The van der Waals surface area contributed by atoms with Crippen molar-refractivity contribution in [3.05, 3.63) is 34.4 Å². The minimum absolute atomic E-state index is 0.148. The molecule has 2 N–H and O–H groups in total. The highest BCUT2D eigenvalue weighted by atomic mass is 16.4. The van der Waals surface area contributed by atoms with Crippen molar-refractivity contribution >= 4 is 5.97 Å². The summed E-state index contributed by atoms with van der Waals surface area (Å²) < 4.78 is 0. The molecule has 0 radical (unpaired) electrons. The molecule has 1 saturated heterocycles. The summed E-state index contributed by atoms with van der Waals surface area (Å²) in [6, 6.07) is 4.36. The highest BCUT2D eigenvalue weighted by Crippen LogP contribution is 2.37. The van der Waals surface area contributed by atoms with Crippen LogP contribution in [0.4, 0.5) is 0 Å². The molecule has 2 rings (SSSR count). The predicted molar refractivity (Wildman–Crippen MR) is 81.2 cm³/mol. The van der Waals surface area contributed by atoms with Crippen molar-refractivity contribution in [1.82, 2.24) is 5.32 Å². The van der Waals surface area contributed by atoms with Crippen LogP contribution in [-0.4, -0.2) is 24.2 Å². The van der Waals surface area contributed by atoms with Crippen LogP contribution in [0.2, 0.25) is 0 Å². The Bertz CT molecular complexity index is 467. The van der Waals surface area contributed by atoms with E-state index in [0.29, 0.717) is 5.92 Å². The first-order valence-electron chi connectivity index (χ1n) is 7.49. The molecule has 1 aliphatic rings. The topological polar surface area (TPSA) is 49.3 Å². The van der Waals surface area contributed by atoms with Crippen LogP contribution in [-0.2, 0) is 4.79 Å². The normalized spacial score (nSPS) is 17.9. The van der Waals surface area contributed by atoms with Gasteiger partial charge in [-0.15, -0.1) is 0 Å². The number of hydrogen-bond donors (Lipinski definition) is 2. The largest absolute Gasteiger partial charge is 0.481 e. The van der Waals surface area contributed by atoms with Gasteiger partial charge in [-0.25, -0.2) is 0 Å². The summed E-state index contributed by atoms with van der Waals surface area (Å²) in [4.78, 5) is 11.3. The Hall–Kier alpha value is -1.35. The van der Waals surface area contributed by atoms with E-state index < -0.39 is 5.97 Å². The van der Waals surface area contributed by atoms with Crippen LogP contribution in [0.3, 0.4) is 0 Å². The van der Waals surface area contributed by atoms with E-state index in [1.165, 1.54) is 22.3 Å². The van der Waals surface area contributed by atoms with E-state index in [9.17, 15) is 9.90 Å². The molecule has 110 valence electrons. The Morgan fingerprint density at radius 3 is 2.30 bits per heavy atom. The molecule has 0 spiro atoms. The van der Waals surface area contributed by atoms with Crippen LogP contribution in [0.15, 0.2) is 12.1 Å². The fourth-order valence-corrected chi connectivity index (χ4v) is 3.72. The summed E-state index contributed by atoms with van der Waals surface area (Å²) in [5, 5.41) is 12.7. The lowest BCUT2D eigenvalue weighted by Crippen LogP contribution is -2.32. The minimum Gasteiger partial charge on any atom is -0.481 e. The molecule has 1 heterocycles. The average molecular weight is 275 g/mol. The molecule has 0 saturated carbocycles. The second-order valence-electron chi connectivity index (χ2n) is 6.10. The maximum absolute atomic E-state index is 11.3. The second kappa shape index (κ2) is 6.40. The summed E-state index contributed by atoms with van der Waals surface area (Å²) in [6.45, 7) is 8.34. The third-order valence-corrected chi connectivity index (χ3v) is 4.46. The van der Waals surface area contributed by atoms with Crippen molar-refractivity contribution < 1.29 is 9.90 Å². The molecular formula is C17H25NO2. The van der Waals surface area contributed by atoms with E-state index in [1.807, 2.05) is 0 Å². The van der Waals surface area contributed by atoms with Crippen molar-refractivity contribution in [3.63, 3.8) is 0 Å². The van der Waals surface area contributed by atoms with Gasteiger partial charge in [-0.1, -0.05) is 17.7 Å². The van der Waals surface area contributed by atoms with E-state index in [4.69, 9.17) is 0 Å². The Balaban J connectivity index is 2.37. The number of carboxylic acids is 1. The molecule has 3 nitrogen and oxygen atoms in total. The SMILES string of the molecule is Cc1cc(C)c(C(CC(=O)O)C2CCNCC2)c(C)c1. The summed E-state index contributed by atoms with van der Waals surface area (Å²) >= 11 is 0. The van der Waals surface area contributed by atoms with Gasteiger partial charge in [0.1, 0.15) is 0 Å². The summed E-state index contributed by atoms with van der Waals surface area (Å²) in [5.74, 6) is -0.0597. The van der Waals surface area contributed by atoms with E-state index >= 15 is 0 Å². The molecule has 0 aliphatic carbocycles. The van der Waals surface area contributed by atoms with Crippen LogP contribution in [0.25, 0.3) is 0 Å². The van der Waals surface area contributed by atoms with E-state index in [-0.39, 0.29) is 12.3 Å². The monoisotopic (exact) mass is 275 g/mol. The molecule has 1 aliphatic heterocycles. The van der Waals surface area contributed by atoms with Gasteiger partial charge in [0.25, 0.3) is 0 Å². The molecule has 1 fully saturated rings. The first kappa shape index (κ1) is 15.0. The van der Waals surface area contributed by atoms with Gasteiger partial charge in [0.2, 0.25) is 0 Å². The second-order valence-corrected chi connectivity index (χ2v) is 6.10. The van der Waals surface area contributed by atoms with Gasteiger partial charge in [-0.2, -0.15) is 0 Å². The molecule has 20 heavy (non-hydrogen) atoms. The number of carboxylic acid groups (broad SMARTS) is 1. The molecule has 1 unspecified atom stereocenters. The highest BCUT2D eigenvalue weighted by molar-refractivity contribution is 5.68. The van der Waals surface area contributed by atoms with E-state index in [1.54, 1.807) is 0 Å². The van der Waals surface area contributed by atoms with Gasteiger partial charge in [0.05, 0.1) is 6.42 Å². The molecule has 1 atom stereocenters. The Morgan fingerprint density at radius 1 is 1.25 bits per heavy atom. The van der Waals surface area contributed by atoms with E-state index in [2.05, 4.69) is 38.2 Å². The average Bonchev–Trinajstić information content (AvgIpc) is 2.37. The number of aliphatic carboxylic acids is 1. The first-order valence-corrected chi connectivity index (χ1v) is 7.49. The lowest BCUT2D eigenvalue weighted by Gasteiger charge is -2.32. The number of nitrogens with one attached hydrogen (secondary N) is 1. The predicted octanol–water partition coefficient (Wildman–Crippen LogP) is 3.17. The lowest BCUT2D eigenvalue weighted by molar-refractivity contribution is -0.137. The Kier molecular flexibility index (Phi) is 4.81. The summed E-state index contributed by atoms with van der Waals surface area (Å²) in [5.41, 5.74) is 5.01. The van der Waals surface area contributed by atoms with Crippen LogP contribution in [0.1, 0.15) is 47.4 Å². The third-order valence-electron chi connectivity index (χ3n) is 4.46. The number of hydrogen-bond acceptors (Lipinski definition) is 2. The number of benzene rings is 1. The lowest BCUT2D eigenvalue weighted by atomic mass is 9.75. The Labute approximate surface area is 121 Å². The highest BCUT2D eigenvalue weighted by Gasteiger charge is 2.29. The van der Waals surface area contributed by atoms with Gasteiger partial charge in [-0.3, -0.25) is 4.79 Å².